The molecule has 0 bridgehead atoms. The third-order valence-corrected chi connectivity index (χ3v) is 2.48. The fourth-order valence-corrected chi connectivity index (χ4v) is 1.79. The Morgan fingerprint density at radius 2 is 2.69 bits per heavy atom. The molecule has 4 nitrogen and oxygen atoms in total. The van der Waals surface area contributed by atoms with Crippen LogP contribution in [-0.2, 0) is 11.3 Å². The van der Waals surface area contributed by atoms with Gasteiger partial charge in [0.05, 0.1) is 17.2 Å². The van der Waals surface area contributed by atoms with Crippen LogP contribution >= 0.6 is 15.9 Å². The second kappa shape index (κ2) is 3.67. The summed E-state index contributed by atoms with van der Waals surface area (Å²) in [6, 6.07) is 0. The van der Waals surface area contributed by atoms with Crippen LogP contribution in [0.15, 0.2) is 10.7 Å². The Labute approximate surface area is 85.0 Å². The molecule has 2 heterocycles. The van der Waals surface area contributed by atoms with E-state index >= 15 is 0 Å². The van der Waals surface area contributed by atoms with Gasteiger partial charge in [-0.05, 0) is 22.9 Å². The Bertz CT molecular complexity index is 300. The topological polar surface area (TPSA) is 36.3 Å². The highest BCUT2D eigenvalue weighted by atomic mass is 79.9. The molecule has 0 saturated carbocycles. The van der Waals surface area contributed by atoms with Crippen molar-refractivity contribution >= 4 is 15.9 Å². The van der Waals surface area contributed by atoms with E-state index in [1.807, 2.05) is 11.6 Å². The van der Waals surface area contributed by atoms with Crippen LogP contribution in [-0.4, -0.2) is 29.1 Å². The molecule has 0 saturated heterocycles. The van der Waals surface area contributed by atoms with Gasteiger partial charge < -0.3 is 9.47 Å². The van der Waals surface area contributed by atoms with Gasteiger partial charge in [0.25, 0.3) is 0 Å². The number of hydrogen-bond acceptors (Lipinski definition) is 3. The molecule has 1 unspecified atom stereocenters. The van der Waals surface area contributed by atoms with Crippen LogP contribution < -0.4 is 4.74 Å². The molecule has 1 aliphatic heterocycles. The summed E-state index contributed by atoms with van der Waals surface area (Å²) in [5.41, 5.74) is 0. The molecular formula is C8H11BrN2O2. The first kappa shape index (κ1) is 9.02. The van der Waals surface area contributed by atoms with Gasteiger partial charge in [0.15, 0.2) is 0 Å². The van der Waals surface area contributed by atoms with Crippen molar-refractivity contribution in [1.82, 2.24) is 9.78 Å². The lowest BCUT2D eigenvalue weighted by Crippen LogP contribution is -2.32. The largest absolute Gasteiger partial charge is 0.474 e. The maximum Gasteiger partial charge on any atom is 0.226 e. The summed E-state index contributed by atoms with van der Waals surface area (Å²) >= 11 is 3.36. The quantitative estimate of drug-likeness (QED) is 0.793. The van der Waals surface area contributed by atoms with Gasteiger partial charge in [-0.2, -0.15) is 5.10 Å². The van der Waals surface area contributed by atoms with E-state index in [0.29, 0.717) is 13.2 Å². The molecule has 0 aliphatic carbocycles. The second-order valence-electron chi connectivity index (χ2n) is 2.87. The highest BCUT2D eigenvalue weighted by molar-refractivity contribution is 9.10. The van der Waals surface area contributed by atoms with E-state index in [4.69, 9.17) is 9.47 Å². The lowest BCUT2D eigenvalue weighted by atomic mass is 10.3. The van der Waals surface area contributed by atoms with Gasteiger partial charge in [0.1, 0.15) is 12.7 Å². The van der Waals surface area contributed by atoms with E-state index in [9.17, 15) is 0 Å². The minimum atomic E-state index is 0.129. The van der Waals surface area contributed by atoms with Crippen molar-refractivity contribution in [1.29, 1.82) is 0 Å². The van der Waals surface area contributed by atoms with E-state index in [-0.39, 0.29) is 6.10 Å². The number of ether oxygens (including phenoxy) is 2. The van der Waals surface area contributed by atoms with E-state index in [1.54, 1.807) is 6.20 Å². The van der Waals surface area contributed by atoms with Gasteiger partial charge in [-0.25, -0.2) is 4.68 Å². The number of fused-ring (bicyclic) bond motifs is 1. The van der Waals surface area contributed by atoms with Crippen molar-refractivity contribution in [2.45, 2.75) is 19.6 Å². The maximum atomic E-state index is 5.49. The minimum absolute atomic E-state index is 0.129. The van der Waals surface area contributed by atoms with Crippen LogP contribution in [0, 0.1) is 0 Å². The zero-order chi connectivity index (χ0) is 9.26. The van der Waals surface area contributed by atoms with Gasteiger partial charge >= 0.3 is 0 Å². The lowest BCUT2D eigenvalue weighted by molar-refractivity contribution is -0.00672. The van der Waals surface area contributed by atoms with Crippen molar-refractivity contribution in [2.75, 3.05) is 13.2 Å². The number of aromatic nitrogens is 2. The van der Waals surface area contributed by atoms with E-state index in [1.165, 1.54) is 0 Å². The summed E-state index contributed by atoms with van der Waals surface area (Å²) in [5.74, 6) is 0.802. The molecule has 1 atom stereocenters. The van der Waals surface area contributed by atoms with Crippen LogP contribution in [0.2, 0.25) is 0 Å². The maximum absolute atomic E-state index is 5.49. The average Bonchev–Trinajstić information content (AvgIpc) is 2.48. The molecule has 1 aromatic rings. The molecule has 2 rings (SSSR count). The number of halogens is 1. The highest BCUT2D eigenvalue weighted by Gasteiger charge is 2.22. The predicted octanol–water partition coefficient (Wildman–Crippen LogP) is 1.44. The zero-order valence-electron chi connectivity index (χ0n) is 7.36. The number of rotatable bonds is 2. The van der Waals surface area contributed by atoms with Gasteiger partial charge in [0, 0.05) is 6.61 Å². The predicted molar refractivity (Wildman–Crippen MR) is 50.8 cm³/mol. The summed E-state index contributed by atoms with van der Waals surface area (Å²) < 4.78 is 13.7. The molecule has 1 aromatic heterocycles. The Kier molecular flexibility index (Phi) is 2.55. The normalized spacial score (nSPS) is 20.9. The molecule has 0 spiro atoms. The van der Waals surface area contributed by atoms with Gasteiger partial charge in [0.2, 0.25) is 5.88 Å². The summed E-state index contributed by atoms with van der Waals surface area (Å²) in [4.78, 5) is 0. The standard InChI is InChI=1S/C8H11BrN2O2/c1-2-12-6-4-11-8(13-5-6)7(9)3-10-11/h3,6H,2,4-5H2,1H3. The third kappa shape index (κ3) is 1.71. The molecule has 0 fully saturated rings. The Balaban J connectivity index is 2.11. The molecule has 0 amide bonds. The summed E-state index contributed by atoms with van der Waals surface area (Å²) in [7, 11) is 0. The first-order chi connectivity index (χ1) is 6.31. The lowest BCUT2D eigenvalue weighted by Gasteiger charge is -2.23. The Morgan fingerprint density at radius 1 is 1.85 bits per heavy atom. The molecule has 0 N–H and O–H groups in total. The average molecular weight is 247 g/mol. The second-order valence-corrected chi connectivity index (χ2v) is 3.72. The van der Waals surface area contributed by atoms with Crippen LogP contribution in [0.5, 0.6) is 5.88 Å². The van der Waals surface area contributed by atoms with Crippen LogP contribution in [0.3, 0.4) is 0 Å². The van der Waals surface area contributed by atoms with Gasteiger partial charge in [-0.3, -0.25) is 0 Å². The molecule has 1 aliphatic rings. The summed E-state index contributed by atoms with van der Waals surface area (Å²) in [6.07, 6.45) is 1.87. The fourth-order valence-electron chi connectivity index (χ4n) is 1.38. The molecule has 5 heteroatoms. The van der Waals surface area contributed by atoms with Crippen LogP contribution in [0.4, 0.5) is 0 Å². The van der Waals surface area contributed by atoms with Crippen LogP contribution in [0.25, 0.3) is 0 Å². The van der Waals surface area contributed by atoms with Crippen molar-refractivity contribution in [3.8, 4) is 5.88 Å². The number of nitrogens with zero attached hydrogens (tertiary/aromatic N) is 2. The first-order valence-electron chi connectivity index (χ1n) is 4.27. The Morgan fingerprint density at radius 3 is 3.46 bits per heavy atom. The van der Waals surface area contributed by atoms with Crippen molar-refractivity contribution < 1.29 is 9.47 Å². The monoisotopic (exact) mass is 246 g/mol. The Hall–Kier alpha value is -0.550. The van der Waals surface area contributed by atoms with Gasteiger partial charge in [-0.15, -0.1) is 0 Å². The molecule has 72 valence electrons. The molecular weight excluding hydrogens is 236 g/mol. The fraction of sp³-hybridized carbons (Fsp3) is 0.625. The molecule has 13 heavy (non-hydrogen) atoms. The summed E-state index contributed by atoms with van der Waals surface area (Å²) in [6.45, 7) is 4.08. The highest BCUT2D eigenvalue weighted by Crippen LogP contribution is 2.27. The van der Waals surface area contributed by atoms with Crippen molar-refractivity contribution in [3.05, 3.63) is 10.7 Å². The van der Waals surface area contributed by atoms with Crippen molar-refractivity contribution in [3.63, 3.8) is 0 Å². The smallest absolute Gasteiger partial charge is 0.226 e. The van der Waals surface area contributed by atoms with E-state index in [2.05, 4.69) is 21.0 Å². The molecule has 0 radical (unpaired) electrons. The van der Waals surface area contributed by atoms with Crippen molar-refractivity contribution in [2.24, 2.45) is 0 Å². The SMILES string of the molecule is CCOC1COc2c(Br)cnn2C1. The first-order valence-corrected chi connectivity index (χ1v) is 5.06. The number of hydrogen-bond donors (Lipinski definition) is 0. The van der Waals surface area contributed by atoms with Gasteiger partial charge in [-0.1, -0.05) is 0 Å². The third-order valence-electron chi connectivity index (χ3n) is 1.93. The minimum Gasteiger partial charge on any atom is -0.474 e. The van der Waals surface area contributed by atoms with E-state index in [0.717, 1.165) is 16.9 Å². The summed E-state index contributed by atoms with van der Waals surface area (Å²) in [5, 5.41) is 4.15. The van der Waals surface area contributed by atoms with Crippen LogP contribution in [0.1, 0.15) is 6.92 Å². The van der Waals surface area contributed by atoms with E-state index < -0.39 is 0 Å². The zero-order valence-corrected chi connectivity index (χ0v) is 8.95. The molecule has 0 aromatic carbocycles.